The van der Waals surface area contributed by atoms with Crippen molar-refractivity contribution in [3.05, 3.63) is 0 Å². The normalized spacial score (nSPS) is 17.6. The molecule has 0 unspecified atom stereocenters. The number of amides is 2. The lowest BCUT2D eigenvalue weighted by atomic mass is 10.2. The molecule has 1 heterocycles. The number of nitrogens with zero attached hydrogens (tertiary/aromatic N) is 1. The van der Waals surface area contributed by atoms with Crippen molar-refractivity contribution in [3.8, 4) is 0 Å². The average Bonchev–Trinajstić information content (AvgIpc) is 2.66. The number of hydroxylamine groups is 2. The first-order chi connectivity index (χ1) is 5.16. The summed E-state index contributed by atoms with van der Waals surface area (Å²) in [5.74, 6) is -0.607. The zero-order chi connectivity index (χ0) is 8.43. The predicted octanol–water partition coefficient (Wildman–Crippen LogP) is -1.41. The van der Waals surface area contributed by atoms with E-state index in [2.05, 4.69) is 4.84 Å². The van der Waals surface area contributed by atoms with E-state index in [4.69, 9.17) is 10.8 Å². The topological polar surface area (TPSA) is 95.9 Å². The first kappa shape index (κ1) is 7.96. The van der Waals surface area contributed by atoms with Gasteiger partial charge >= 0.3 is 6.09 Å². The Labute approximate surface area is 62.5 Å². The van der Waals surface area contributed by atoms with Gasteiger partial charge in [-0.25, -0.2) is 4.79 Å². The van der Waals surface area contributed by atoms with Gasteiger partial charge in [-0.1, -0.05) is 5.06 Å². The van der Waals surface area contributed by atoms with Crippen LogP contribution in [0.25, 0.3) is 0 Å². The molecule has 6 nitrogen and oxygen atoms in total. The maximum atomic E-state index is 10.8. The predicted molar refractivity (Wildman–Crippen MR) is 33.0 cm³/mol. The molecule has 0 aromatic carbocycles. The molecule has 62 valence electrons. The van der Waals surface area contributed by atoms with Gasteiger partial charge in [-0.15, -0.1) is 0 Å². The van der Waals surface area contributed by atoms with E-state index in [9.17, 15) is 9.59 Å². The highest BCUT2D eigenvalue weighted by Crippen LogP contribution is 2.13. The second-order valence-corrected chi connectivity index (χ2v) is 2.11. The molecule has 2 amide bonds. The zero-order valence-corrected chi connectivity index (χ0v) is 5.69. The maximum Gasteiger partial charge on any atom is 0.476 e. The molecule has 6 heteroatoms. The van der Waals surface area contributed by atoms with Crippen molar-refractivity contribution in [2.45, 2.75) is 12.5 Å². The first-order valence-electron chi connectivity index (χ1n) is 3.09. The molecule has 1 saturated heterocycles. The Kier molecular flexibility index (Phi) is 2.06. The van der Waals surface area contributed by atoms with Crippen LogP contribution < -0.4 is 5.73 Å². The number of rotatable bonds is 3. The highest BCUT2D eigenvalue weighted by Gasteiger charge is 2.43. The molecule has 0 bridgehead atoms. The van der Waals surface area contributed by atoms with E-state index in [-0.39, 0.29) is 13.0 Å². The molecular weight excluding hydrogens is 152 g/mol. The fourth-order valence-corrected chi connectivity index (χ4v) is 0.606. The standard InChI is InChI=1S/C5H8N2O4/c6-3(1-2-8)4(9)7-5(10)11-7/h3,8H,1-2,6H2/t3-,7?/m0/s1. The van der Waals surface area contributed by atoms with Crippen LogP contribution in [0.5, 0.6) is 0 Å². The number of carbonyl (C=O) groups excluding carboxylic acids is 2. The fourth-order valence-electron chi connectivity index (χ4n) is 0.606. The van der Waals surface area contributed by atoms with E-state index in [1.165, 1.54) is 0 Å². The van der Waals surface area contributed by atoms with Crippen molar-refractivity contribution in [1.82, 2.24) is 5.06 Å². The maximum absolute atomic E-state index is 10.8. The Balaban J connectivity index is 2.35. The number of aliphatic hydroxyl groups is 1. The Morgan fingerprint density at radius 3 is 2.73 bits per heavy atom. The Morgan fingerprint density at radius 1 is 1.82 bits per heavy atom. The molecule has 0 aromatic heterocycles. The van der Waals surface area contributed by atoms with E-state index in [1.807, 2.05) is 0 Å². The number of hydrogen-bond donors (Lipinski definition) is 2. The Hall–Kier alpha value is -1.14. The molecule has 3 N–H and O–H groups in total. The van der Waals surface area contributed by atoms with Gasteiger partial charge in [-0.2, -0.15) is 0 Å². The highest BCUT2D eigenvalue weighted by atomic mass is 16.9. The highest BCUT2D eigenvalue weighted by molar-refractivity contribution is 6.00. The molecule has 1 aliphatic rings. The van der Waals surface area contributed by atoms with Crippen LogP contribution in [0.15, 0.2) is 0 Å². The van der Waals surface area contributed by atoms with Gasteiger partial charge in [0.25, 0.3) is 5.91 Å². The van der Waals surface area contributed by atoms with Crippen LogP contribution >= 0.6 is 0 Å². The number of hydrogen-bond acceptors (Lipinski definition) is 5. The summed E-state index contributed by atoms with van der Waals surface area (Å²) in [6.07, 6.45) is -0.560. The van der Waals surface area contributed by atoms with Crippen molar-refractivity contribution in [2.75, 3.05) is 6.61 Å². The third kappa shape index (κ3) is 1.66. The minimum atomic E-state index is -0.855. The summed E-state index contributed by atoms with van der Waals surface area (Å²) in [4.78, 5) is 25.2. The summed E-state index contributed by atoms with van der Waals surface area (Å²) in [6.45, 7) is -0.186. The molecule has 11 heavy (non-hydrogen) atoms. The minimum Gasteiger partial charge on any atom is -0.396 e. The Bertz CT molecular complexity index is 193. The lowest BCUT2D eigenvalue weighted by Gasteiger charge is -2.03. The van der Waals surface area contributed by atoms with E-state index in [0.29, 0.717) is 5.06 Å². The van der Waals surface area contributed by atoms with Crippen LogP contribution in [-0.4, -0.2) is 34.8 Å². The van der Waals surface area contributed by atoms with Crippen LogP contribution in [0.2, 0.25) is 0 Å². The van der Waals surface area contributed by atoms with E-state index < -0.39 is 18.0 Å². The van der Waals surface area contributed by atoms with Crippen LogP contribution in [0, 0.1) is 0 Å². The van der Waals surface area contributed by atoms with E-state index >= 15 is 0 Å². The second-order valence-electron chi connectivity index (χ2n) is 2.11. The van der Waals surface area contributed by atoms with Gasteiger partial charge < -0.3 is 15.7 Å². The molecule has 0 saturated carbocycles. The quantitative estimate of drug-likeness (QED) is 0.494. The third-order valence-corrected chi connectivity index (χ3v) is 1.26. The minimum absolute atomic E-state index is 0.131. The SMILES string of the molecule is N[C@@H](CCO)C(=O)N1OC1=O. The van der Waals surface area contributed by atoms with Crippen LogP contribution in [0.4, 0.5) is 4.79 Å². The average molecular weight is 160 g/mol. The molecule has 0 aromatic rings. The zero-order valence-electron chi connectivity index (χ0n) is 5.69. The van der Waals surface area contributed by atoms with Crippen molar-refractivity contribution < 1.29 is 19.5 Å². The van der Waals surface area contributed by atoms with Gasteiger partial charge in [0.15, 0.2) is 0 Å². The summed E-state index contributed by atoms with van der Waals surface area (Å²) < 4.78 is 0. The molecule has 1 fully saturated rings. The molecule has 0 aliphatic carbocycles. The van der Waals surface area contributed by atoms with Gasteiger partial charge in [0, 0.05) is 6.61 Å². The largest absolute Gasteiger partial charge is 0.476 e. The molecule has 0 spiro atoms. The molecule has 1 atom stereocenters. The lowest BCUT2D eigenvalue weighted by molar-refractivity contribution is -0.133. The summed E-state index contributed by atoms with van der Waals surface area (Å²) >= 11 is 0. The number of imide groups is 1. The summed E-state index contributed by atoms with van der Waals surface area (Å²) in [6, 6.07) is -0.855. The number of aliphatic hydroxyl groups excluding tert-OH is 1. The lowest BCUT2D eigenvalue weighted by Crippen LogP contribution is -2.36. The van der Waals surface area contributed by atoms with Gasteiger partial charge in [-0.3, -0.25) is 4.79 Å². The van der Waals surface area contributed by atoms with Crippen molar-refractivity contribution >= 4 is 12.0 Å². The van der Waals surface area contributed by atoms with Gasteiger partial charge in [-0.05, 0) is 6.42 Å². The fraction of sp³-hybridized carbons (Fsp3) is 0.600. The summed E-state index contributed by atoms with van der Waals surface area (Å²) in [7, 11) is 0. The smallest absolute Gasteiger partial charge is 0.396 e. The molecular formula is C5H8N2O4. The summed E-state index contributed by atoms with van der Waals surface area (Å²) in [5.41, 5.74) is 5.25. The monoisotopic (exact) mass is 160 g/mol. The summed E-state index contributed by atoms with van der Waals surface area (Å²) in [5, 5.41) is 8.95. The van der Waals surface area contributed by atoms with E-state index in [0.717, 1.165) is 0 Å². The number of nitrogens with two attached hydrogens (primary N) is 1. The first-order valence-corrected chi connectivity index (χ1v) is 3.09. The number of carbonyl (C=O) groups is 2. The van der Waals surface area contributed by atoms with Gasteiger partial charge in [0.1, 0.15) is 0 Å². The second kappa shape index (κ2) is 2.85. The van der Waals surface area contributed by atoms with Gasteiger partial charge in [0.2, 0.25) is 0 Å². The molecule has 1 rings (SSSR count). The third-order valence-electron chi connectivity index (χ3n) is 1.26. The van der Waals surface area contributed by atoms with Crippen molar-refractivity contribution in [2.24, 2.45) is 5.73 Å². The van der Waals surface area contributed by atoms with Crippen molar-refractivity contribution in [1.29, 1.82) is 0 Å². The van der Waals surface area contributed by atoms with Crippen LogP contribution in [0.1, 0.15) is 6.42 Å². The van der Waals surface area contributed by atoms with Crippen LogP contribution in [-0.2, 0) is 9.63 Å². The Morgan fingerprint density at radius 2 is 2.36 bits per heavy atom. The van der Waals surface area contributed by atoms with Crippen LogP contribution in [0.3, 0.4) is 0 Å². The van der Waals surface area contributed by atoms with Gasteiger partial charge in [0.05, 0.1) is 6.04 Å². The van der Waals surface area contributed by atoms with Crippen molar-refractivity contribution in [3.63, 3.8) is 0 Å². The van der Waals surface area contributed by atoms with E-state index in [1.54, 1.807) is 0 Å². The molecule has 0 radical (unpaired) electrons. The molecule has 1 aliphatic heterocycles.